The Morgan fingerprint density at radius 1 is 1.00 bits per heavy atom. The first-order valence-electron chi connectivity index (χ1n) is 10.2. The summed E-state index contributed by atoms with van der Waals surface area (Å²) in [5, 5.41) is 3.20. The van der Waals surface area contributed by atoms with Crippen LogP contribution < -0.4 is 20.0 Å². The average Bonchev–Trinajstić information content (AvgIpc) is 2.79. The van der Waals surface area contributed by atoms with Crippen LogP contribution in [0.5, 0.6) is 0 Å². The van der Waals surface area contributed by atoms with Crippen LogP contribution in [0.2, 0.25) is 0 Å². The van der Waals surface area contributed by atoms with E-state index in [1.165, 1.54) is 0 Å². The van der Waals surface area contributed by atoms with Gasteiger partial charge in [0.2, 0.25) is 0 Å². The Bertz CT molecular complexity index is 1000. The molecule has 8 nitrogen and oxygen atoms in total. The largest absolute Gasteiger partial charge is 0.372 e. The summed E-state index contributed by atoms with van der Waals surface area (Å²) in [5.74, 6) is 2.98. The summed E-state index contributed by atoms with van der Waals surface area (Å²) in [7, 11) is 7.96. The van der Waals surface area contributed by atoms with E-state index in [1.54, 1.807) is 18.6 Å². The third-order valence-electron chi connectivity index (χ3n) is 4.88. The van der Waals surface area contributed by atoms with Gasteiger partial charge in [-0.05, 0) is 30.7 Å². The summed E-state index contributed by atoms with van der Waals surface area (Å²) >= 11 is 0. The number of aromatic nitrogens is 4. The van der Waals surface area contributed by atoms with Gasteiger partial charge >= 0.3 is 0 Å². The van der Waals surface area contributed by atoms with E-state index in [2.05, 4.69) is 51.8 Å². The molecule has 31 heavy (non-hydrogen) atoms. The maximum atomic E-state index is 4.98. The summed E-state index contributed by atoms with van der Waals surface area (Å²) in [6, 6.07) is 8.16. The molecule has 0 amide bonds. The van der Waals surface area contributed by atoms with Gasteiger partial charge in [0.05, 0.1) is 17.6 Å². The third kappa shape index (κ3) is 5.28. The molecule has 3 aromatic rings. The number of nitrogens with zero attached hydrogens (tertiary/aromatic N) is 7. The molecule has 1 N–H and O–H groups in total. The Morgan fingerprint density at radius 3 is 2.42 bits per heavy atom. The minimum absolute atomic E-state index is 0.627. The van der Waals surface area contributed by atoms with Crippen molar-refractivity contribution < 1.29 is 0 Å². The van der Waals surface area contributed by atoms with Crippen molar-refractivity contribution in [1.29, 1.82) is 0 Å². The zero-order valence-electron chi connectivity index (χ0n) is 18.9. The molecular weight excluding hydrogens is 388 g/mol. The molecule has 0 bridgehead atoms. The van der Waals surface area contributed by atoms with Crippen molar-refractivity contribution in [3.63, 3.8) is 0 Å². The second-order valence-corrected chi connectivity index (χ2v) is 7.48. The summed E-state index contributed by atoms with van der Waals surface area (Å²) in [6.45, 7) is 7.26. The monoisotopic (exact) mass is 418 g/mol. The fraction of sp³-hybridized carbons (Fsp3) is 0.304. The summed E-state index contributed by atoms with van der Waals surface area (Å²) in [5.41, 5.74) is 2.83. The molecule has 8 heteroatoms. The highest BCUT2D eigenvalue weighted by molar-refractivity contribution is 5.74. The predicted molar refractivity (Wildman–Crippen MR) is 129 cm³/mol. The van der Waals surface area contributed by atoms with E-state index in [-0.39, 0.29) is 0 Å². The van der Waals surface area contributed by atoms with E-state index in [0.717, 1.165) is 41.5 Å². The molecule has 0 aliphatic rings. The average molecular weight is 419 g/mol. The molecule has 0 atom stereocenters. The normalized spacial score (nSPS) is 10.5. The highest BCUT2D eigenvalue weighted by Crippen LogP contribution is 2.31. The summed E-state index contributed by atoms with van der Waals surface area (Å²) in [6.07, 6.45) is 7.82. The number of anilines is 4. The van der Waals surface area contributed by atoms with E-state index in [1.807, 2.05) is 55.3 Å². The van der Waals surface area contributed by atoms with Crippen LogP contribution in [0.3, 0.4) is 0 Å². The first-order valence-corrected chi connectivity index (χ1v) is 10.2. The first kappa shape index (κ1) is 22.0. The molecule has 3 aromatic heterocycles. The van der Waals surface area contributed by atoms with Crippen molar-refractivity contribution in [2.45, 2.75) is 13.3 Å². The van der Waals surface area contributed by atoms with E-state index in [9.17, 15) is 0 Å². The molecule has 0 unspecified atom stereocenters. The van der Waals surface area contributed by atoms with Crippen LogP contribution in [0.15, 0.2) is 61.5 Å². The lowest BCUT2D eigenvalue weighted by Crippen LogP contribution is -2.27. The van der Waals surface area contributed by atoms with Gasteiger partial charge in [-0.3, -0.25) is 4.98 Å². The number of hydrogen-bond donors (Lipinski definition) is 1. The van der Waals surface area contributed by atoms with Gasteiger partial charge in [0, 0.05) is 58.9 Å². The summed E-state index contributed by atoms with van der Waals surface area (Å²) in [4.78, 5) is 24.0. The Morgan fingerprint density at radius 2 is 1.81 bits per heavy atom. The molecule has 0 aromatic carbocycles. The maximum Gasteiger partial charge on any atom is 0.158 e. The molecule has 0 aliphatic carbocycles. The van der Waals surface area contributed by atoms with Crippen molar-refractivity contribution in [3.8, 4) is 11.3 Å². The first-order chi connectivity index (χ1) is 14.9. The zero-order chi connectivity index (χ0) is 22.4. The van der Waals surface area contributed by atoms with Crippen molar-refractivity contribution in [2.75, 3.05) is 54.8 Å². The standard InChI is InChI=1S/C23H30N8/c1-7-14-30(5)20-10-9-19(18-8-11-22(26-15-18)29(3)4)28-23(20)31(6)17(2)27-21-16-24-12-13-25-21/h8-13,15-16H,2,7,14H2,1,3-6H3,(H,25,27). The van der Waals surface area contributed by atoms with Gasteiger partial charge in [-0.1, -0.05) is 13.5 Å². The minimum Gasteiger partial charge on any atom is -0.372 e. The Kier molecular flexibility index (Phi) is 7.02. The fourth-order valence-corrected chi connectivity index (χ4v) is 3.13. The van der Waals surface area contributed by atoms with E-state index >= 15 is 0 Å². The molecular formula is C23H30N8. The molecule has 162 valence electrons. The van der Waals surface area contributed by atoms with Crippen LogP contribution in [-0.4, -0.2) is 54.7 Å². The second kappa shape index (κ2) is 9.88. The van der Waals surface area contributed by atoms with Crippen molar-refractivity contribution in [3.05, 3.63) is 61.5 Å². The topological polar surface area (TPSA) is 73.3 Å². The summed E-state index contributed by atoms with van der Waals surface area (Å²) < 4.78 is 0. The van der Waals surface area contributed by atoms with E-state index < -0.39 is 0 Å². The smallest absolute Gasteiger partial charge is 0.158 e. The quantitative estimate of drug-likeness (QED) is 0.561. The van der Waals surface area contributed by atoms with Crippen molar-refractivity contribution in [1.82, 2.24) is 19.9 Å². The minimum atomic E-state index is 0.627. The second-order valence-electron chi connectivity index (χ2n) is 7.48. The van der Waals surface area contributed by atoms with Crippen LogP contribution in [0.1, 0.15) is 13.3 Å². The molecule has 0 fully saturated rings. The van der Waals surface area contributed by atoms with Crippen LogP contribution >= 0.6 is 0 Å². The van der Waals surface area contributed by atoms with Gasteiger partial charge in [-0.25, -0.2) is 15.0 Å². The van der Waals surface area contributed by atoms with Crippen LogP contribution in [0.4, 0.5) is 23.1 Å². The van der Waals surface area contributed by atoms with Crippen LogP contribution in [-0.2, 0) is 0 Å². The SMILES string of the molecule is C=C(Nc1cnccn1)N(C)c1nc(-c2ccc(N(C)C)nc2)ccc1N(C)CCC. The molecule has 0 spiro atoms. The highest BCUT2D eigenvalue weighted by Gasteiger charge is 2.17. The molecule has 3 heterocycles. The van der Waals surface area contributed by atoms with E-state index in [0.29, 0.717) is 11.6 Å². The Balaban J connectivity index is 1.96. The lowest BCUT2D eigenvalue weighted by molar-refractivity contribution is 0.846. The number of rotatable bonds is 9. The van der Waals surface area contributed by atoms with Crippen LogP contribution in [0.25, 0.3) is 11.3 Å². The van der Waals surface area contributed by atoms with Crippen LogP contribution in [0, 0.1) is 0 Å². The van der Waals surface area contributed by atoms with Gasteiger partial charge in [0.25, 0.3) is 0 Å². The molecule has 0 radical (unpaired) electrons. The molecule has 0 saturated carbocycles. The van der Waals surface area contributed by atoms with Gasteiger partial charge < -0.3 is 20.0 Å². The number of hydrogen-bond acceptors (Lipinski definition) is 8. The van der Waals surface area contributed by atoms with Crippen molar-refractivity contribution in [2.24, 2.45) is 0 Å². The van der Waals surface area contributed by atoms with E-state index in [4.69, 9.17) is 4.98 Å². The lowest BCUT2D eigenvalue weighted by atomic mass is 10.1. The molecule has 3 rings (SSSR count). The molecule has 0 aliphatic heterocycles. The van der Waals surface area contributed by atoms with Crippen molar-refractivity contribution >= 4 is 23.1 Å². The van der Waals surface area contributed by atoms with Gasteiger partial charge in [0.15, 0.2) is 5.82 Å². The predicted octanol–water partition coefficient (Wildman–Crippen LogP) is 3.87. The van der Waals surface area contributed by atoms with Gasteiger partial charge in [0.1, 0.15) is 17.5 Å². The van der Waals surface area contributed by atoms with Gasteiger partial charge in [-0.2, -0.15) is 0 Å². The lowest BCUT2D eigenvalue weighted by Gasteiger charge is -2.28. The number of nitrogens with one attached hydrogen (secondary N) is 1. The zero-order valence-corrected chi connectivity index (χ0v) is 18.9. The Hall–Kier alpha value is -3.68. The third-order valence-corrected chi connectivity index (χ3v) is 4.88. The fourth-order valence-electron chi connectivity index (χ4n) is 3.13. The Labute approximate surface area is 184 Å². The van der Waals surface area contributed by atoms with Gasteiger partial charge in [-0.15, -0.1) is 0 Å². The number of pyridine rings is 2. The maximum absolute atomic E-state index is 4.98. The molecule has 0 saturated heterocycles. The highest BCUT2D eigenvalue weighted by atomic mass is 15.3.